The van der Waals surface area contributed by atoms with Gasteiger partial charge in [0.2, 0.25) is 0 Å². The lowest BCUT2D eigenvalue weighted by atomic mass is 9.81. The maximum atomic E-state index is 5.82. The predicted octanol–water partition coefficient (Wildman–Crippen LogP) is 6.60. The van der Waals surface area contributed by atoms with Gasteiger partial charge in [0.25, 0.3) is 0 Å². The van der Waals surface area contributed by atoms with Crippen molar-refractivity contribution in [3.05, 3.63) is 24.4 Å². The van der Waals surface area contributed by atoms with Gasteiger partial charge in [0.1, 0.15) is 0 Å². The molecule has 0 saturated heterocycles. The molecule has 0 aromatic heterocycles. The van der Waals surface area contributed by atoms with Gasteiger partial charge in [-0.3, -0.25) is 0 Å². The second-order valence-electron chi connectivity index (χ2n) is 8.05. The number of allylic oxidation sites excluding steroid dienone is 2. The zero-order valence-electron chi connectivity index (χ0n) is 15.4. The van der Waals surface area contributed by atoms with Gasteiger partial charge in [-0.25, -0.2) is 0 Å². The molecule has 0 aliphatic heterocycles. The van der Waals surface area contributed by atoms with E-state index in [4.69, 9.17) is 5.73 Å². The van der Waals surface area contributed by atoms with E-state index in [1.54, 1.807) is 0 Å². The van der Waals surface area contributed by atoms with Crippen molar-refractivity contribution >= 4 is 0 Å². The van der Waals surface area contributed by atoms with E-state index in [1.165, 1.54) is 56.9 Å². The van der Waals surface area contributed by atoms with Gasteiger partial charge in [-0.15, -0.1) is 0 Å². The average Bonchev–Trinajstić information content (AvgIpc) is 2.36. The first-order valence-corrected chi connectivity index (χ1v) is 8.70. The Morgan fingerprint density at radius 2 is 1.05 bits per heavy atom. The summed E-state index contributed by atoms with van der Waals surface area (Å²) in [6.07, 6.45) is 11.8. The third-order valence-corrected chi connectivity index (χ3v) is 5.13. The Hall–Kier alpha value is -0.720. The molecule has 0 spiro atoms. The Bertz CT molecular complexity index is 291. The summed E-state index contributed by atoms with van der Waals surface area (Å²) in [4.78, 5) is 0. The van der Waals surface area contributed by atoms with Gasteiger partial charge < -0.3 is 5.73 Å². The van der Waals surface area contributed by atoms with Crippen molar-refractivity contribution in [2.45, 2.75) is 92.4 Å². The van der Waals surface area contributed by atoms with Crippen LogP contribution in [0.25, 0.3) is 0 Å². The number of rotatable bonds is 12. The van der Waals surface area contributed by atoms with Gasteiger partial charge in [0, 0.05) is 11.1 Å². The molecule has 0 atom stereocenters. The first-order valence-electron chi connectivity index (χ1n) is 8.70. The average molecular weight is 294 g/mol. The molecule has 2 N–H and O–H groups in total. The van der Waals surface area contributed by atoms with Crippen LogP contribution in [0.3, 0.4) is 0 Å². The molecule has 1 nitrogen and oxygen atoms in total. The number of unbranched alkanes of at least 4 members (excludes halogenated alkanes) is 6. The summed E-state index contributed by atoms with van der Waals surface area (Å²) in [6, 6.07) is 0. The highest BCUT2D eigenvalue weighted by Gasteiger charge is 2.19. The minimum Gasteiger partial charge on any atom is -0.402 e. The van der Waals surface area contributed by atoms with Crippen LogP contribution in [-0.2, 0) is 0 Å². The van der Waals surface area contributed by atoms with Crippen molar-refractivity contribution in [3.8, 4) is 0 Å². The predicted molar refractivity (Wildman–Crippen MR) is 97.3 cm³/mol. The molecule has 0 radical (unpaired) electrons. The summed E-state index contributed by atoms with van der Waals surface area (Å²) in [5.41, 5.74) is 8.38. The molecule has 0 aliphatic carbocycles. The lowest BCUT2D eigenvalue weighted by Gasteiger charge is -2.25. The zero-order chi connectivity index (χ0) is 16.5. The molecule has 0 rings (SSSR count). The van der Waals surface area contributed by atoms with Crippen molar-refractivity contribution in [2.75, 3.05) is 0 Å². The molecule has 0 saturated carbocycles. The SMILES string of the molecule is C=C(C)C(C)(C)CCCCCCCCCC(C)(C)C(=C)N. The van der Waals surface area contributed by atoms with E-state index in [2.05, 4.69) is 47.8 Å². The third kappa shape index (κ3) is 9.01. The molecule has 124 valence electrons. The molecule has 0 aromatic rings. The molecule has 0 aliphatic rings. The number of hydrogen-bond acceptors (Lipinski definition) is 1. The molecular formula is C20H39N. The maximum Gasteiger partial charge on any atom is 0.00649 e. The highest BCUT2D eigenvalue weighted by molar-refractivity contribution is 5.02. The minimum absolute atomic E-state index is 0.105. The molecule has 0 amide bonds. The molecule has 0 unspecified atom stereocenters. The Morgan fingerprint density at radius 3 is 1.38 bits per heavy atom. The van der Waals surface area contributed by atoms with Crippen LogP contribution < -0.4 is 5.73 Å². The molecular weight excluding hydrogens is 254 g/mol. The summed E-state index contributed by atoms with van der Waals surface area (Å²) in [5, 5.41) is 0. The third-order valence-electron chi connectivity index (χ3n) is 5.13. The van der Waals surface area contributed by atoms with Crippen molar-refractivity contribution in [1.82, 2.24) is 0 Å². The normalized spacial score (nSPS) is 12.4. The van der Waals surface area contributed by atoms with Crippen molar-refractivity contribution in [1.29, 1.82) is 0 Å². The second kappa shape index (κ2) is 9.33. The fraction of sp³-hybridized carbons (Fsp3) is 0.800. The van der Waals surface area contributed by atoms with E-state index in [-0.39, 0.29) is 5.41 Å². The van der Waals surface area contributed by atoms with Crippen LogP contribution in [0.2, 0.25) is 0 Å². The largest absolute Gasteiger partial charge is 0.402 e. The Labute approximate surface area is 134 Å². The second-order valence-corrected chi connectivity index (χ2v) is 8.05. The highest BCUT2D eigenvalue weighted by Crippen LogP contribution is 2.31. The van der Waals surface area contributed by atoms with Crippen LogP contribution in [0.5, 0.6) is 0 Å². The Kier molecular flexibility index (Phi) is 9.01. The van der Waals surface area contributed by atoms with Crippen LogP contribution in [-0.4, -0.2) is 0 Å². The fourth-order valence-corrected chi connectivity index (χ4v) is 2.39. The molecule has 21 heavy (non-hydrogen) atoms. The zero-order valence-corrected chi connectivity index (χ0v) is 15.4. The molecule has 0 heterocycles. The summed E-state index contributed by atoms with van der Waals surface area (Å²) < 4.78 is 0. The van der Waals surface area contributed by atoms with E-state index in [0.717, 1.165) is 12.1 Å². The lowest BCUT2D eigenvalue weighted by molar-refractivity contribution is 0.374. The summed E-state index contributed by atoms with van der Waals surface area (Å²) >= 11 is 0. The first-order chi connectivity index (χ1) is 9.59. The quantitative estimate of drug-likeness (QED) is 0.318. The monoisotopic (exact) mass is 293 g/mol. The number of nitrogens with two attached hydrogens (primary N) is 1. The van der Waals surface area contributed by atoms with Gasteiger partial charge >= 0.3 is 0 Å². The van der Waals surface area contributed by atoms with Gasteiger partial charge in [-0.05, 0) is 25.2 Å². The van der Waals surface area contributed by atoms with Crippen molar-refractivity contribution in [3.63, 3.8) is 0 Å². The smallest absolute Gasteiger partial charge is 0.00649 e. The first kappa shape index (κ1) is 20.3. The Morgan fingerprint density at radius 1 is 0.714 bits per heavy atom. The summed E-state index contributed by atoms with van der Waals surface area (Å²) in [7, 11) is 0. The van der Waals surface area contributed by atoms with E-state index >= 15 is 0 Å². The standard InChI is InChI=1S/C20H39N/c1-17(2)19(4,5)15-13-11-9-8-10-12-14-16-20(6,7)18(3)21/h1,3,8-16,21H2,2,4-7H3. The van der Waals surface area contributed by atoms with Gasteiger partial charge in [0.15, 0.2) is 0 Å². The summed E-state index contributed by atoms with van der Waals surface area (Å²) in [6.45, 7) is 19.1. The maximum absolute atomic E-state index is 5.82. The van der Waals surface area contributed by atoms with Crippen LogP contribution in [0.4, 0.5) is 0 Å². The molecule has 1 heteroatoms. The van der Waals surface area contributed by atoms with Gasteiger partial charge in [0.05, 0.1) is 0 Å². The van der Waals surface area contributed by atoms with E-state index in [1.807, 2.05) is 0 Å². The van der Waals surface area contributed by atoms with E-state index in [9.17, 15) is 0 Å². The van der Waals surface area contributed by atoms with Crippen LogP contribution in [0.15, 0.2) is 24.4 Å². The summed E-state index contributed by atoms with van der Waals surface area (Å²) in [5.74, 6) is 0. The van der Waals surface area contributed by atoms with Crippen LogP contribution in [0, 0.1) is 10.8 Å². The lowest BCUT2D eigenvalue weighted by Crippen LogP contribution is -2.19. The highest BCUT2D eigenvalue weighted by atomic mass is 14.6. The molecule has 0 aromatic carbocycles. The number of hydrogen-bond donors (Lipinski definition) is 1. The van der Waals surface area contributed by atoms with Gasteiger partial charge in [-0.2, -0.15) is 0 Å². The van der Waals surface area contributed by atoms with E-state index < -0.39 is 0 Å². The van der Waals surface area contributed by atoms with Crippen LogP contribution >= 0.6 is 0 Å². The van der Waals surface area contributed by atoms with Gasteiger partial charge in [-0.1, -0.05) is 91.4 Å². The Balaban J connectivity index is 3.50. The van der Waals surface area contributed by atoms with Crippen molar-refractivity contribution < 1.29 is 0 Å². The van der Waals surface area contributed by atoms with Crippen molar-refractivity contribution in [2.24, 2.45) is 16.6 Å². The molecule has 0 fully saturated rings. The molecule has 0 bridgehead atoms. The topological polar surface area (TPSA) is 26.0 Å². The fourth-order valence-electron chi connectivity index (χ4n) is 2.39. The van der Waals surface area contributed by atoms with E-state index in [0.29, 0.717) is 5.41 Å². The van der Waals surface area contributed by atoms with Crippen LogP contribution in [0.1, 0.15) is 92.4 Å². The minimum atomic E-state index is 0.105.